The number of carboxylic acids is 1. The summed E-state index contributed by atoms with van der Waals surface area (Å²) < 4.78 is 4.73. The summed E-state index contributed by atoms with van der Waals surface area (Å²) in [4.78, 5) is 27.2. The minimum absolute atomic E-state index is 0.243. The lowest BCUT2D eigenvalue weighted by Crippen LogP contribution is -2.28. The van der Waals surface area contributed by atoms with Gasteiger partial charge in [-0.1, -0.05) is 13.8 Å². The molecule has 6 nitrogen and oxygen atoms in total. The molecule has 0 heterocycles. The van der Waals surface area contributed by atoms with Gasteiger partial charge in [0.15, 0.2) is 0 Å². The number of carbonyl (C=O) groups is 2. The molecule has 0 saturated heterocycles. The lowest BCUT2D eigenvalue weighted by molar-refractivity contribution is -0.143. The Kier molecular flexibility index (Phi) is 3.88. The summed E-state index contributed by atoms with van der Waals surface area (Å²) in [6.45, 7) is 4.13. The van der Waals surface area contributed by atoms with Gasteiger partial charge in [-0.2, -0.15) is 0 Å². The van der Waals surface area contributed by atoms with Gasteiger partial charge in [0.2, 0.25) is 5.91 Å². The van der Waals surface area contributed by atoms with Gasteiger partial charge in [0.1, 0.15) is 0 Å². The van der Waals surface area contributed by atoms with Crippen LogP contribution in [0.1, 0.15) is 13.8 Å². The Bertz CT molecular complexity index is 289. The predicted octanol–water partition coefficient (Wildman–Crippen LogP) is 0.0374. The number of carboxylic acid groups (broad SMARTS) is 1. The average Bonchev–Trinajstić information content (AvgIpc) is 2.76. The lowest BCUT2D eigenvalue weighted by Gasteiger charge is -2.05. The third-order valence-corrected chi connectivity index (χ3v) is 2.94. The van der Waals surface area contributed by atoms with Gasteiger partial charge in [0.25, 0.3) is 0 Å². The molecule has 0 radical (unpaired) electrons. The number of hydroxylamine groups is 1. The molecule has 0 aromatic rings. The second-order valence-electron chi connectivity index (χ2n) is 4.42. The van der Waals surface area contributed by atoms with Crippen molar-refractivity contribution in [3.05, 3.63) is 0 Å². The summed E-state index contributed by atoms with van der Waals surface area (Å²) in [5.74, 6) is -2.47. The highest BCUT2D eigenvalue weighted by Gasteiger charge is 2.66. The first-order valence-corrected chi connectivity index (χ1v) is 5.06. The molecule has 1 aliphatic rings. The van der Waals surface area contributed by atoms with E-state index in [1.54, 1.807) is 13.8 Å². The van der Waals surface area contributed by atoms with Crippen molar-refractivity contribution in [1.82, 2.24) is 5.48 Å². The highest BCUT2D eigenvalue weighted by Crippen LogP contribution is 2.58. The van der Waals surface area contributed by atoms with Crippen LogP contribution in [-0.4, -0.2) is 37.3 Å². The largest absolute Gasteiger partial charge is 0.481 e. The maximum Gasteiger partial charge on any atom is 0.307 e. The number of hydrogen-bond donors (Lipinski definition) is 2. The first kappa shape index (κ1) is 12.9. The molecular formula is C10H17NO5. The van der Waals surface area contributed by atoms with E-state index in [0.717, 1.165) is 0 Å². The molecule has 6 heteroatoms. The standard InChI is InChI=1S/C10H17NO5/c1-10(2)6(7(10)9(13)14)8(12)11-16-5-4-15-3/h6-7H,4-5H2,1-3H3,(H,11,12)(H,13,14). The van der Waals surface area contributed by atoms with Gasteiger partial charge in [-0.15, -0.1) is 0 Å². The van der Waals surface area contributed by atoms with Crippen molar-refractivity contribution in [2.75, 3.05) is 20.3 Å². The smallest absolute Gasteiger partial charge is 0.307 e. The average molecular weight is 231 g/mol. The molecule has 1 fully saturated rings. The van der Waals surface area contributed by atoms with E-state index in [-0.39, 0.29) is 12.5 Å². The van der Waals surface area contributed by atoms with E-state index in [9.17, 15) is 9.59 Å². The number of rotatable bonds is 6. The first-order chi connectivity index (χ1) is 7.42. The molecule has 16 heavy (non-hydrogen) atoms. The number of carbonyl (C=O) groups excluding carboxylic acids is 1. The van der Waals surface area contributed by atoms with Crippen molar-refractivity contribution >= 4 is 11.9 Å². The zero-order chi connectivity index (χ0) is 12.3. The van der Waals surface area contributed by atoms with Crippen LogP contribution in [-0.2, 0) is 19.2 Å². The molecule has 0 bridgehead atoms. The summed E-state index contributed by atoms with van der Waals surface area (Å²) in [6.07, 6.45) is 0. The predicted molar refractivity (Wildman–Crippen MR) is 54.4 cm³/mol. The zero-order valence-electron chi connectivity index (χ0n) is 9.65. The van der Waals surface area contributed by atoms with E-state index >= 15 is 0 Å². The third kappa shape index (κ3) is 2.51. The van der Waals surface area contributed by atoms with E-state index in [4.69, 9.17) is 14.7 Å². The Labute approximate surface area is 93.9 Å². The van der Waals surface area contributed by atoms with E-state index in [1.165, 1.54) is 7.11 Å². The highest BCUT2D eigenvalue weighted by molar-refractivity contribution is 5.91. The van der Waals surface area contributed by atoms with Crippen LogP contribution in [0.25, 0.3) is 0 Å². The molecule has 1 aliphatic carbocycles. The van der Waals surface area contributed by atoms with Crippen molar-refractivity contribution in [2.24, 2.45) is 17.3 Å². The van der Waals surface area contributed by atoms with Crippen LogP contribution in [0.4, 0.5) is 0 Å². The Morgan fingerprint density at radius 1 is 1.31 bits per heavy atom. The molecular weight excluding hydrogens is 214 g/mol. The molecule has 92 valence electrons. The fourth-order valence-corrected chi connectivity index (χ4v) is 1.90. The van der Waals surface area contributed by atoms with Crippen LogP contribution in [0, 0.1) is 17.3 Å². The Morgan fingerprint density at radius 2 is 1.94 bits per heavy atom. The van der Waals surface area contributed by atoms with Gasteiger partial charge in [-0.05, 0) is 5.41 Å². The van der Waals surface area contributed by atoms with Crippen molar-refractivity contribution < 1.29 is 24.3 Å². The summed E-state index contributed by atoms with van der Waals surface area (Å²) in [7, 11) is 1.52. The van der Waals surface area contributed by atoms with Crippen molar-refractivity contribution in [1.29, 1.82) is 0 Å². The van der Waals surface area contributed by atoms with Gasteiger partial charge >= 0.3 is 5.97 Å². The number of methoxy groups -OCH3 is 1. The van der Waals surface area contributed by atoms with Crippen LogP contribution in [0.3, 0.4) is 0 Å². The van der Waals surface area contributed by atoms with Gasteiger partial charge < -0.3 is 9.84 Å². The Morgan fingerprint density at radius 3 is 2.38 bits per heavy atom. The minimum Gasteiger partial charge on any atom is -0.481 e. The van der Waals surface area contributed by atoms with Crippen LogP contribution < -0.4 is 5.48 Å². The quantitative estimate of drug-likeness (QED) is 0.498. The summed E-state index contributed by atoms with van der Waals surface area (Å²) in [6, 6.07) is 0. The van der Waals surface area contributed by atoms with Crippen LogP contribution >= 0.6 is 0 Å². The van der Waals surface area contributed by atoms with Crippen LogP contribution in [0.5, 0.6) is 0 Å². The van der Waals surface area contributed by atoms with Gasteiger partial charge in [0.05, 0.1) is 25.0 Å². The molecule has 1 saturated carbocycles. The van der Waals surface area contributed by atoms with Crippen LogP contribution in [0.2, 0.25) is 0 Å². The van der Waals surface area contributed by atoms with Crippen molar-refractivity contribution in [3.63, 3.8) is 0 Å². The van der Waals surface area contributed by atoms with E-state index in [1.807, 2.05) is 0 Å². The molecule has 1 rings (SSSR count). The summed E-state index contributed by atoms with van der Waals surface area (Å²) in [5, 5.41) is 8.88. The minimum atomic E-state index is -0.943. The maximum absolute atomic E-state index is 11.6. The Balaban J connectivity index is 2.36. The fourth-order valence-electron chi connectivity index (χ4n) is 1.90. The monoisotopic (exact) mass is 231 g/mol. The molecule has 2 N–H and O–H groups in total. The second kappa shape index (κ2) is 4.80. The molecule has 1 amide bonds. The summed E-state index contributed by atoms with van der Waals surface area (Å²) in [5.41, 5.74) is 1.74. The number of ether oxygens (including phenoxy) is 1. The second-order valence-corrected chi connectivity index (χ2v) is 4.42. The number of nitrogens with one attached hydrogen (secondary N) is 1. The highest BCUT2D eigenvalue weighted by atomic mass is 16.7. The molecule has 0 aliphatic heterocycles. The Hall–Kier alpha value is -1.14. The number of amides is 1. The first-order valence-electron chi connectivity index (χ1n) is 5.06. The molecule has 2 unspecified atom stereocenters. The van der Waals surface area contributed by atoms with Gasteiger partial charge in [-0.3, -0.25) is 14.4 Å². The van der Waals surface area contributed by atoms with Crippen molar-refractivity contribution in [3.8, 4) is 0 Å². The van der Waals surface area contributed by atoms with E-state index in [0.29, 0.717) is 6.61 Å². The third-order valence-electron chi connectivity index (χ3n) is 2.94. The van der Waals surface area contributed by atoms with E-state index < -0.39 is 23.2 Å². The molecule has 0 spiro atoms. The van der Waals surface area contributed by atoms with Gasteiger partial charge in [0, 0.05) is 7.11 Å². The SMILES string of the molecule is COCCONC(=O)C1C(C(=O)O)C1(C)C. The lowest BCUT2D eigenvalue weighted by atomic mass is 10.1. The maximum atomic E-state index is 11.6. The van der Waals surface area contributed by atoms with Gasteiger partial charge in [-0.25, -0.2) is 5.48 Å². The number of aliphatic carboxylic acids is 1. The van der Waals surface area contributed by atoms with E-state index in [2.05, 4.69) is 5.48 Å². The molecule has 0 aromatic heterocycles. The topological polar surface area (TPSA) is 84.9 Å². The van der Waals surface area contributed by atoms with Crippen LogP contribution in [0.15, 0.2) is 0 Å². The normalized spacial score (nSPS) is 26.2. The number of hydrogen-bond acceptors (Lipinski definition) is 4. The molecule has 2 atom stereocenters. The molecule has 0 aromatic carbocycles. The van der Waals surface area contributed by atoms with Crippen molar-refractivity contribution in [2.45, 2.75) is 13.8 Å². The summed E-state index contributed by atoms with van der Waals surface area (Å²) >= 11 is 0. The fraction of sp³-hybridized carbons (Fsp3) is 0.800. The zero-order valence-corrected chi connectivity index (χ0v) is 9.65.